The van der Waals surface area contributed by atoms with Crippen LogP contribution in [-0.4, -0.2) is 43.3 Å². The molecule has 0 aromatic heterocycles. The zero-order chi connectivity index (χ0) is 17.0. The maximum Gasteiger partial charge on any atom is 0.220 e. The smallest absolute Gasteiger partial charge is 0.220 e. The Morgan fingerprint density at radius 2 is 1.87 bits per heavy atom. The molecular formula is C16H26N2O4S. The minimum absolute atomic E-state index is 0.0798. The van der Waals surface area contributed by atoms with E-state index in [0.717, 1.165) is 6.42 Å². The Morgan fingerprint density at radius 1 is 1.26 bits per heavy atom. The van der Waals surface area contributed by atoms with Crippen LogP contribution >= 0.6 is 0 Å². The second-order valence-corrected chi connectivity index (χ2v) is 9.97. The molecule has 3 fully saturated rings. The fourth-order valence-electron chi connectivity index (χ4n) is 4.93. The number of piperidine rings is 1. The zero-order valence-corrected chi connectivity index (χ0v) is 14.7. The summed E-state index contributed by atoms with van der Waals surface area (Å²) in [7, 11) is -3.50. The van der Waals surface area contributed by atoms with Crippen LogP contribution in [0.25, 0.3) is 0 Å². The molecule has 23 heavy (non-hydrogen) atoms. The molecule has 2 unspecified atom stereocenters. The van der Waals surface area contributed by atoms with Gasteiger partial charge in [0, 0.05) is 30.8 Å². The molecule has 1 amide bonds. The molecule has 1 heterocycles. The van der Waals surface area contributed by atoms with Crippen LogP contribution in [0, 0.1) is 22.7 Å². The van der Waals surface area contributed by atoms with E-state index in [1.807, 2.05) is 13.8 Å². The summed E-state index contributed by atoms with van der Waals surface area (Å²) in [6.07, 6.45) is 3.09. The largest absolute Gasteiger partial charge is 0.369 e. The van der Waals surface area contributed by atoms with Gasteiger partial charge in [-0.2, -0.15) is 0 Å². The first-order chi connectivity index (χ1) is 10.6. The number of Topliss-reactive ketones (excluding diaryl/α,β-unsaturated/α-hetero) is 1. The van der Waals surface area contributed by atoms with Crippen LogP contribution in [-0.2, 0) is 19.6 Å². The van der Waals surface area contributed by atoms with E-state index in [4.69, 9.17) is 5.73 Å². The van der Waals surface area contributed by atoms with Crippen molar-refractivity contribution in [1.82, 2.24) is 4.31 Å². The van der Waals surface area contributed by atoms with Crippen molar-refractivity contribution >= 4 is 21.7 Å². The molecule has 2 atom stereocenters. The average molecular weight is 342 g/mol. The van der Waals surface area contributed by atoms with Gasteiger partial charge in [-0.05, 0) is 37.0 Å². The summed E-state index contributed by atoms with van der Waals surface area (Å²) in [4.78, 5) is 23.8. The highest BCUT2D eigenvalue weighted by molar-refractivity contribution is 7.89. The fraction of sp³-hybridized carbons (Fsp3) is 0.875. The number of ketones is 1. The van der Waals surface area contributed by atoms with E-state index in [9.17, 15) is 18.0 Å². The van der Waals surface area contributed by atoms with Gasteiger partial charge < -0.3 is 5.73 Å². The van der Waals surface area contributed by atoms with Gasteiger partial charge in [0.05, 0.1) is 5.75 Å². The number of carbonyl (C=O) groups is 2. The van der Waals surface area contributed by atoms with Gasteiger partial charge in [-0.1, -0.05) is 13.8 Å². The first-order valence-electron chi connectivity index (χ1n) is 8.40. The fourth-order valence-corrected chi connectivity index (χ4v) is 7.18. The van der Waals surface area contributed by atoms with Crippen LogP contribution in [0.1, 0.15) is 46.0 Å². The summed E-state index contributed by atoms with van der Waals surface area (Å²) in [5.74, 6) is -0.240. The number of hydrogen-bond donors (Lipinski definition) is 1. The Bertz CT molecular complexity index is 634. The maximum atomic E-state index is 12.9. The molecule has 0 spiro atoms. The van der Waals surface area contributed by atoms with Crippen molar-refractivity contribution in [3.05, 3.63) is 0 Å². The molecule has 0 aromatic carbocycles. The Balaban J connectivity index is 1.77. The molecule has 3 rings (SSSR count). The number of hydrogen-bond acceptors (Lipinski definition) is 4. The summed E-state index contributed by atoms with van der Waals surface area (Å²) >= 11 is 0. The van der Waals surface area contributed by atoms with E-state index < -0.39 is 15.4 Å². The number of nitrogens with zero attached hydrogens (tertiary/aromatic N) is 1. The molecule has 2 bridgehead atoms. The van der Waals surface area contributed by atoms with Crippen molar-refractivity contribution in [2.75, 3.05) is 18.8 Å². The number of rotatable bonds is 4. The van der Waals surface area contributed by atoms with Crippen LogP contribution in [0.3, 0.4) is 0 Å². The summed E-state index contributed by atoms with van der Waals surface area (Å²) in [6, 6.07) is 0. The first-order valence-corrected chi connectivity index (χ1v) is 10.0. The molecular weight excluding hydrogens is 316 g/mol. The van der Waals surface area contributed by atoms with Gasteiger partial charge >= 0.3 is 0 Å². The van der Waals surface area contributed by atoms with Crippen molar-refractivity contribution < 1.29 is 18.0 Å². The van der Waals surface area contributed by atoms with Gasteiger partial charge in [-0.3, -0.25) is 9.59 Å². The minimum Gasteiger partial charge on any atom is -0.369 e. The van der Waals surface area contributed by atoms with Crippen molar-refractivity contribution in [2.45, 2.75) is 46.0 Å². The number of fused-ring (bicyclic) bond motifs is 2. The lowest BCUT2D eigenvalue weighted by Crippen LogP contribution is -2.49. The molecule has 6 nitrogen and oxygen atoms in total. The van der Waals surface area contributed by atoms with E-state index in [1.54, 1.807) is 0 Å². The third kappa shape index (κ3) is 2.43. The lowest BCUT2D eigenvalue weighted by Gasteiger charge is -2.38. The zero-order valence-electron chi connectivity index (χ0n) is 13.9. The second kappa shape index (κ2) is 5.28. The molecule has 7 heteroatoms. The molecule has 2 saturated carbocycles. The molecule has 130 valence electrons. The van der Waals surface area contributed by atoms with E-state index in [2.05, 4.69) is 0 Å². The van der Waals surface area contributed by atoms with Gasteiger partial charge in [0.25, 0.3) is 0 Å². The highest BCUT2D eigenvalue weighted by Crippen LogP contribution is 2.64. The van der Waals surface area contributed by atoms with Gasteiger partial charge in [-0.25, -0.2) is 12.7 Å². The Kier molecular flexibility index (Phi) is 3.87. The number of nitrogens with two attached hydrogens (primary N) is 1. The van der Waals surface area contributed by atoms with Crippen LogP contribution in [0.15, 0.2) is 0 Å². The first kappa shape index (κ1) is 16.9. The standard InChI is InChI=1S/C16H26N2O4S/c1-15(2)12-3-6-16(15,13(19)9-12)10-23(21,22)18-7-4-11(5-8-18)14(17)20/h11-12H,3-10H2,1-2H3,(H2,17,20). The average Bonchev–Trinajstić information content (AvgIpc) is 2.81. The Hall–Kier alpha value is -0.950. The predicted molar refractivity (Wildman–Crippen MR) is 85.8 cm³/mol. The summed E-state index contributed by atoms with van der Waals surface area (Å²) in [5, 5.41) is 0. The van der Waals surface area contributed by atoms with Gasteiger partial charge in [0.2, 0.25) is 15.9 Å². The molecule has 0 radical (unpaired) electrons. The lowest BCUT2D eigenvalue weighted by atomic mass is 9.70. The lowest BCUT2D eigenvalue weighted by molar-refractivity contribution is -0.128. The number of carbonyl (C=O) groups excluding carboxylic acids is 2. The van der Waals surface area contributed by atoms with E-state index in [0.29, 0.717) is 44.7 Å². The van der Waals surface area contributed by atoms with E-state index >= 15 is 0 Å². The van der Waals surface area contributed by atoms with E-state index in [1.165, 1.54) is 4.31 Å². The van der Waals surface area contributed by atoms with Gasteiger partial charge in [0.15, 0.2) is 0 Å². The van der Waals surface area contributed by atoms with Gasteiger partial charge in [-0.15, -0.1) is 0 Å². The van der Waals surface area contributed by atoms with Crippen molar-refractivity contribution in [2.24, 2.45) is 28.4 Å². The predicted octanol–water partition coefficient (Wildman–Crippen LogP) is 0.909. The van der Waals surface area contributed by atoms with Crippen molar-refractivity contribution in [3.63, 3.8) is 0 Å². The molecule has 1 aliphatic heterocycles. The van der Waals surface area contributed by atoms with Crippen LogP contribution in [0.4, 0.5) is 0 Å². The third-order valence-electron chi connectivity index (χ3n) is 6.82. The quantitative estimate of drug-likeness (QED) is 0.821. The third-order valence-corrected chi connectivity index (χ3v) is 8.83. The van der Waals surface area contributed by atoms with Crippen molar-refractivity contribution in [3.8, 4) is 0 Å². The van der Waals surface area contributed by atoms with Gasteiger partial charge in [0.1, 0.15) is 5.78 Å². The molecule has 2 N–H and O–H groups in total. The topological polar surface area (TPSA) is 97.5 Å². The summed E-state index contributed by atoms with van der Waals surface area (Å²) in [5.41, 5.74) is 4.33. The molecule has 3 aliphatic rings. The van der Waals surface area contributed by atoms with Crippen molar-refractivity contribution in [1.29, 1.82) is 0 Å². The minimum atomic E-state index is -3.50. The van der Waals surface area contributed by atoms with Crippen LogP contribution < -0.4 is 5.73 Å². The second-order valence-electron chi connectivity index (χ2n) is 8.00. The highest BCUT2D eigenvalue weighted by atomic mass is 32.2. The number of amides is 1. The number of sulfonamides is 1. The normalized spacial score (nSPS) is 34.9. The molecule has 2 aliphatic carbocycles. The van der Waals surface area contributed by atoms with Crippen LogP contribution in [0.5, 0.6) is 0 Å². The highest BCUT2D eigenvalue weighted by Gasteiger charge is 2.65. The Labute approximate surface area is 137 Å². The van der Waals surface area contributed by atoms with Crippen LogP contribution in [0.2, 0.25) is 0 Å². The number of primary amides is 1. The summed E-state index contributed by atoms with van der Waals surface area (Å²) < 4.78 is 27.2. The molecule has 1 saturated heterocycles. The Morgan fingerprint density at radius 3 is 2.30 bits per heavy atom. The SMILES string of the molecule is CC1(C)C2CCC1(CS(=O)(=O)N1CCC(C(N)=O)CC1)C(=O)C2. The monoisotopic (exact) mass is 342 g/mol. The van der Waals surface area contributed by atoms with E-state index in [-0.39, 0.29) is 28.8 Å². The summed E-state index contributed by atoms with van der Waals surface area (Å²) in [6.45, 7) is 4.74. The molecule has 0 aromatic rings. The maximum absolute atomic E-state index is 12.9.